The van der Waals surface area contributed by atoms with Crippen LogP contribution in [0, 0.1) is 11.3 Å². The van der Waals surface area contributed by atoms with E-state index in [1.54, 1.807) is 23.6 Å². The molecule has 98 valence electrons. The number of benzene rings is 1. The minimum Gasteiger partial charge on any atom is -0.283 e. The second-order valence-corrected chi connectivity index (χ2v) is 7.74. The highest BCUT2D eigenvalue weighted by molar-refractivity contribution is 8.01. The summed E-state index contributed by atoms with van der Waals surface area (Å²) < 4.78 is 26.0. The lowest BCUT2D eigenvalue weighted by Crippen LogP contribution is -2.10. The monoisotopic (exact) mass is 310 g/mol. The molecule has 7 heteroatoms. The highest BCUT2D eigenvalue weighted by atomic mass is 32.2. The van der Waals surface area contributed by atoms with Gasteiger partial charge in [0.2, 0.25) is 10.0 Å². The van der Waals surface area contributed by atoms with Gasteiger partial charge in [-0.3, -0.25) is 4.72 Å². The van der Waals surface area contributed by atoms with Crippen molar-refractivity contribution in [3.63, 3.8) is 0 Å². The van der Waals surface area contributed by atoms with Crippen LogP contribution in [0.1, 0.15) is 5.56 Å². The van der Waals surface area contributed by atoms with Crippen molar-refractivity contribution in [3.8, 4) is 6.07 Å². The second-order valence-electron chi connectivity index (χ2n) is 3.74. The third-order valence-electron chi connectivity index (χ3n) is 2.10. The van der Waals surface area contributed by atoms with Crippen molar-refractivity contribution in [2.24, 2.45) is 0 Å². The zero-order chi connectivity index (χ0) is 13.9. The summed E-state index contributed by atoms with van der Waals surface area (Å²) in [6.45, 7) is 0. The first kappa shape index (κ1) is 13.9. The van der Waals surface area contributed by atoms with E-state index >= 15 is 0 Å². The molecule has 1 heterocycles. The molecule has 0 aliphatic heterocycles. The number of para-hydroxylation sites is 1. The first-order valence-electron chi connectivity index (χ1n) is 5.21. The van der Waals surface area contributed by atoms with Gasteiger partial charge in [-0.1, -0.05) is 23.9 Å². The van der Waals surface area contributed by atoms with Crippen molar-refractivity contribution in [2.45, 2.75) is 9.10 Å². The Bertz CT molecular complexity index is 729. The largest absolute Gasteiger partial charge is 0.283 e. The maximum atomic E-state index is 11.3. The Morgan fingerprint density at radius 3 is 2.74 bits per heavy atom. The Balaban J connectivity index is 2.28. The maximum Gasteiger partial charge on any atom is 0.229 e. The van der Waals surface area contributed by atoms with Crippen LogP contribution in [0.3, 0.4) is 0 Å². The van der Waals surface area contributed by atoms with Crippen LogP contribution in [0.2, 0.25) is 0 Å². The number of rotatable bonds is 4. The van der Waals surface area contributed by atoms with E-state index < -0.39 is 10.0 Å². The molecule has 2 rings (SSSR count). The smallest absolute Gasteiger partial charge is 0.229 e. The van der Waals surface area contributed by atoms with Gasteiger partial charge in [-0.05, 0) is 18.2 Å². The SMILES string of the molecule is CS(=O)(=O)Nc1ccccc1Sc1cc(C#N)cs1. The molecule has 1 N–H and O–H groups in total. The fourth-order valence-electron chi connectivity index (χ4n) is 1.38. The minimum absolute atomic E-state index is 0.543. The first-order valence-corrected chi connectivity index (χ1v) is 8.80. The van der Waals surface area contributed by atoms with Gasteiger partial charge >= 0.3 is 0 Å². The molecule has 1 aromatic carbocycles. The van der Waals surface area contributed by atoms with Gasteiger partial charge in [-0.2, -0.15) is 5.26 Å². The molecule has 0 saturated carbocycles. The topological polar surface area (TPSA) is 70.0 Å². The predicted octanol–water partition coefficient (Wildman–Crippen LogP) is 3.14. The van der Waals surface area contributed by atoms with Crippen LogP contribution in [0.4, 0.5) is 5.69 Å². The fraction of sp³-hybridized carbons (Fsp3) is 0.0833. The summed E-state index contributed by atoms with van der Waals surface area (Å²) in [6.07, 6.45) is 1.12. The van der Waals surface area contributed by atoms with Crippen LogP contribution in [-0.4, -0.2) is 14.7 Å². The van der Waals surface area contributed by atoms with Crippen molar-refractivity contribution >= 4 is 38.8 Å². The summed E-state index contributed by atoms with van der Waals surface area (Å²) in [5.74, 6) is 0. The van der Waals surface area contributed by atoms with Gasteiger partial charge in [0.25, 0.3) is 0 Å². The fourth-order valence-corrected chi connectivity index (χ4v) is 3.96. The standard InChI is InChI=1S/C12H10N2O2S3/c1-19(15,16)14-10-4-2-3-5-11(10)18-12-6-9(7-13)8-17-12/h2-6,8,14H,1H3. The Hall–Kier alpha value is -1.49. The number of hydrogen-bond acceptors (Lipinski definition) is 5. The Labute approximate surface area is 120 Å². The summed E-state index contributed by atoms with van der Waals surface area (Å²) in [6, 6.07) is 11.0. The van der Waals surface area contributed by atoms with Crippen LogP contribution >= 0.6 is 23.1 Å². The van der Waals surface area contributed by atoms with Crippen LogP contribution in [0.15, 0.2) is 44.8 Å². The number of anilines is 1. The molecular weight excluding hydrogens is 300 g/mol. The predicted molar refractivity (Wildman–Crippen MR) is 78.1 cm³/mol. The van der Waals surface area contributed by atoms with Gasteiger partial charge in [0.05, 0.1) is 21.7 Å². The maximum absolute atomic E-state index is 11.3. The molecule has 0 fully saturated rings. The molecule has 0 unspecified atom stereocenters. The molecule has 0 aliphatic carbocycles. The average Bonchev–Trinajstić information content (AvgIpc) is 2.78. The van der Waals surface area contributed by atoms with E-state index in [2.05, 4.69) is 10.8 Å². The number of nitrogens with one attached hydrogen (secondary N) is 1. The first-order chi connectivity index (χ1) is 8.98. The van der Waals surface area contributed by atoms with Gasteiger partial charge in [0, 0.05) is 10.3 Å². The highest BCUT2D eigenvalue weighted by Gasteiger charge is 2.09. The Kier molecular flexibility index (Phi) is 4.14. The van der Waals surface area contributed by atoms with E-state index in [4.69, 9.17) is 5.26 Å². The number of nitriles is 1. The van der Waals surface area contributed by atoms with E-state index in [0.29, 0.717) is 11.3 Å². The molecule has 1 aromatic heterocycles. The van der Waals surface area contributed by atoms with Crippen molar-refractivity contribution < 1.29 is 8.42 Å². The van der Waals surface area contributed by atoms with Gasteiger partial charge in [0.1, 0.15) is 6.07 Å². The third-order valence-corrected chi connectivity index (χ3v) is 4.84. The Morgan fingerprint density at radius 1 is 1.37 bits per heavy atom. The molecular formula is C12H10N2O2S3. The summed E-state index contributed by atoms with van der Waals surface area (Å²) in [5.41, 5.74) is 1.16. The van der Waals surface area contributed by atoms with Crippen LogP contribution in [0.5, 0.6) is 0 Å². The summed E-state index contributed by atoms with van der Waals surface area (Å²) in [4.78, 5) is 0.805. The Morgan fingerprint density at radius 2 is 2.11 bits per heavy atom. The summed E-state index contributed by atoms with van der Waals surface area (Å²) in [5, 5.41) is 10.6. The molecule has 0 atom stereocenters. The van der Waals surface area contributed by atoms with Crippen LogP contribution < -0.4 is 4.72 Å². The molecule has 0 radical (unpaired) electrons. The van der Waals surface area contributed by atoms with E-state index in [-0.39, 0.29) is 0 Å². The normalized spacial score (nSPS) is 10.9. The lowest BCUT2D eigenvalue weighted by molar-refractivity contribution is 0.606. The molecule has 19 heavy (non-hydrogen) atoms. The number of thiophene rings is 1. The van der Waals surface area contributed by atoms with E-state index in [1.165, 1.54) is 23.1 Å². The number of sulfonamides is 1. The number of hydrogen-bond donors (Lipinski definition) is 1. The van der Waals surface area contributed by atoms with Gasteiger partial charge in [-0.25, -0.2) is 8.42 Å². The summed E-state index contributed by atoms with van der Waals surface area (Å²) >= 11 is 2.89. The van der Waals surface area contributed by atoms with Crippen molar-refractivity contribution in [1.82, 2.24) is 0 Å². The molecule has 2 aromatic rings. The van der Waals surface area contributed by atoms with Crippen LogP contribution in [0.25, 0.3) is 0 Å². The lowest BCUT2D eigenvalue weighted by Gasteiger charge is -2.08. The molecule has 4 nitrogen and oxygen atoms in total. The minimum atomic E-state index is -3.30. The van der Waals surface area contributed by atoms with Gasteiger partial charge < -0.3 is 0 Å². The zero-order valence-corrected chi connectivity index (χ0v) is 12.4. The van der Waals surface area contributed by atoms with Crippen molar-refractivity contribution in [3.05, 3.63) is 41.3 Å². The van der Waals surface area contributed by atoms with E-state index in [9.17, 15) is 8.42 Å². The molecule has 0 aliphatic rings. The molecule has 0 bridgehead atoms. The average molecular weight is 310 g/mol. The molecule has 0 spiro atoms. The van der Waals surface area contributed by atoms with E-state index in [1.807, 2.05) is 12.1 Å². The summed E-state index contributed by atoms with van der Waals surface area (Å²) in [7, 11) is -3.30. The molecule has 0 amide bonds. The van der Waals surface area contributed by atoms with Crippen molar-refractivity contribution in [1.29, 1.82) is 5.26 Å². The highest BCUT2D eigenvalue weighted by Crippen LogP contribution is 2.37. The lowest BCUT2D eigenvalue weighted by atomic mass is 10.3. The van der Waals surface area contributed by atoms with Crippen molar-refractivity contribution in [2.75, 3.05) is 11.0 Å². The number of nitrogens with zero attached hydrogens (tertiary/aromatic N) is 1. The van der Waals surface area contributed by atoms with Crippen LogP contribution in [-0.2, 0) is 10.0 Å². The van der Waals surface area contributed by atoms with Gasteiger partial charge in [0.15, 0.2) is 0 Å². The van der Waals surface area contributed by atoms with Gasteiger partial charge in [-0.15, -0.1) is 11.3 Å². The molecule has 0 saturated heterocycles. The third kappa shape index (κ3) is 3.99. The van der Waals surface area contributed by atoms with E-state index in [0.717, 1.165) is 15.4 Å². The second kappa shape index (κ2) is 5.65. The quantitative estimate of drug-likeness (QED) is 0.942. The zero-order valence-electron chi connectivity index (χ0n) is 9.95.